The van der Waals surface area contributed by atoms with Crippen molar-refractivity contribution in [3.63, 3.8) is 0 Å². The van der Waals surface area contributed by atoms with E-state index in [2.05, 4.69) is 5.32 Å². The lowest BCUT2D eigenvalue weighted by molar-refractivity contribution is -0.136. The molecule has 1 rings (SSSR count). The summed E-state index contributed by atoms with van der Waals surface area (Å²) in [6, 6.07) is 0. The van der Waals surface area contributed by atoms with E-state index in [4.69, 9.17) is 5.11 Å². The number of nitrogens with one attached hydrogen (secondary N) is 1. The summed E-state index contributed by atoms with van der Waals surface area (Å²) >= 11 is 0. The lowest BCUT2D eigenvalue weighted by Gasteiger charge is -2.08. The van der Waals surface area contributed by atoms with Crippen molar-refractivity contribution in [3.8, 4) is 0 Å². The molecule has 0 bridgehead atoms. The fraction of sp³-hybridized carbons (Fsp3) is 0.875. The topological polar surface area (TPSA) is 69.6 Å². The molecule has 1 unspecified atom stereocenters. The van der Waals surface area contributed by atoms with Crippen LogP contribution in [0.1, 0.15) is 19.3 Å². The fourth-order valence-electron chi connectivity index (χ4n) is 1.09. The van der Waals surface area contributed by atoms with Crippen LogP contribution in [0.2, 0.25) is 0 Å². The van der Waals surface area contributed by atoms with Crippen molar-refractivity contribution in [1.29, 1.82) is 0 Å². The van der Waals surface area contributed by atoms with Gasteiger partial charge in [-0.3, -0.25) is 4.79 Å². The zero-order chi connectivity index (χ0) is 8.97. The second kappa shape index (κ2) is 4.42. The predicted molar refractivity (Wildman–Crippen MR) is 43.9 cm³/mol. The molecule has 0 amide bonds. The van der Waals surface area contributed by atoms with E-state index in [0.29, 0.717) is 19.0 Å². The second-order valence-corrected chi connectivity index (χ2v) is 3.25. The van der Waals surface area contributed by atoms with Gasteiger partial charge in [0.1, 0.15) is 0 Å². The zero-order valence-corrected chi connectivity index (χ0v) is 6.99. The minimum atomic E-state index is -0.802. The molecule has 70 valence electrons. The molecule has 1 fully saturated rings. The maximum atomic E-state index is 10.1. The highest BCUT2D eigenvalue weighted by molar-refractivity contribution is 5.66. The average Bonchev–Trinajstić information content (AvgIpc) is 2.79. The normalized spacial score (nSPS) is 19.1. The van der Waals surface area contributed by atoms with Crippen molar-refractivity contribution in [2.75, 3.05) is 13.1 Å². The van der Waals surface area contributed by atoms with Gasteiger partial charge in [-0.1, -0.05) is 0 Å². The first-order chi connectivity index (χ1) is 5.70. The van der Waals surface area contributed by atoms with E-state index in [9.17, 15) is 9.90 Å². The number of carbonyl (C=O) groups is 1. The summed E-state index contributed by atoms with van der Waals surface area (Å²) in [6.45, 7) is 0.969. The summed E-state index contributed by atoms with van der Waals surface area (Å²) in [4.78, 5) is 10.1. The van der Waals surface area contributed by atoms with Crippen LogP contribution in [0.25, 0.3) is 0 Å². The lowest BCUT2D eigenvalue weighted by atomic mass is 10.2. The molecule has 1 aliphatic rings. The molecule has 1 aliphatic carbocycles. The molecule has 0 saturated heterocycles. The standard InChI is InChI=1S/C8H15NO3/c10-7(6-1-2-6)5-9-4-3-8(11)12/h6-7,9-10H,1-5H2,(H,11,12). The molecular formula is C8H15NO3. The summed E-state index contributed by atoms with van der Waals surface area (Å²) in [5.74, 6) is -0.342. The second-order valence-electron chi connectivity index (χ2n) is 3.25. The highest BCUT2D eigenvalue weighted by Gasteiger charge is 2.28. The van der Waals surface area contributed by atoms with E-state index in [-0.39, 0.29) is 12.5 Å². The van der Waals surface area contributed by atoms with Crippen LogP contribution >= 0.6 is 0 Å². The number of aliphatic carboxylic acids is 1. The van der Waals surface area contributed by atoms with Gasteiger partial charge < -0.3 is 15.5 Å². The van der Waals surface area contributed by atoms with Gasteiger partial charge in [0.05, 0.1) is 12.5 Å². The van der Waals surface area contributed by atoms with Gasteiger partial charge in [0.25, 0.3) is 0 Å². The van der Waals surface area contributed by atoms with E-state index in [1.165, 1.54) is 0 Å². The van der Waals surface area contributed by atoms with Crippen molar-refractivity contribution in [1.82, 2.24) is 5.32 Å². The Hall–Kier alpha value is -0.610. The first kappa shape index (κ1) is 9.48. The number of aliphatic hydroxyl groups excluding tert-OH is 1. The molecule has 1 saturated carbocycles. The van der Waals surface area contributed by atoms with Gasteiger partial charge in [-0.15, -0.1) is 0 Å². The van der Waals surface area contributed by atoms with Gasteiger partial charge >= 0.3 is 5.97 Å². The molecule has 0 spiro atoms. The van der Waals surface area contributed by atoms with Gasteiger partial charge in [-0.2, -0.15) is 0 Å². The van der Waals surface area contributed by atoms with E-state index >= 15 is 0 Å². The van der Waals surface area contributed by atoms with Crippen molar-refractivity contribution in [2.45, 2.75) is 25.4 Å². The fourth-order valence-corrected chi connectivity index (χ4v) is 1.09. The molecule has 0 heterocycles. The third kappa shape index (κ3) is 3.69. The van der Waals surface area contributed by atoms with Crippen LogP contribution in [-0.2, 0) is 4.79 Å². The molecule has 3 N–H and O–H groups in total. The highest BCUT2D eigenvalue weighted by Crippen LogP contribution is 2.32. The van der Waals surface area contributed by atoms with E-state index in [1.807, 2.05) is 0 Å². The minimum absolute atomic E-state index is 0.122. The molecule has 0 aliphatic heterocycles. The summed E-state index contributed by atoms with van der Waals surface area (Å²) in [6.07, 6.45) is 2.07. The molecule has 1 atom stereocenters. The largest absolute Gasteiger partial charge is 0.481 e. The Bertz CT molecular complexity index is 156. The van der Waals surface area contributed by atoms with Crippen LogP contribution in [0.5, 0.6) is 0 Å². The number of hydrogen-bond donors (Lipinski definition) is 3. The van der Waals surface area contributed by atoms with E-state index in [1.54, 1.807) is 0 Å². The Labute approximate surface area is 71.6 Å². The quantitative estimate of drug-likeness (QED) is 0.487. The minimum Gasteiger partial charge on any atom is -0.481 e. The number of carboxylic acids is 1. The highest BCUT2D eigenvalue weighted by atomic mass is 16.4. The third-order valence-electron chi connectivity index (χ3n) is 2.04. The Morgan fingerprint density at radius 3 is 2.75 bits per heavy atom. The van der Waals surface area contributed by atoms with Crippen LogP contribution in [0.15, 0.2) is 0 Å². The van der Waals surface area contributed by atoms with Crippen LogP contribution in [0.3, 0.4) is 0 Å². The Morgan fingerprint density at radius 2 is 2.25 bits per heavy atom. The number of aliphatic hydroxyl groups is 1. The summed E-state index contributed by atoms with van der Waals surface area (Å²) in [5.41, 5.74) is 0. The van der Waals surface area contributed by atoms with E-state index < -0.39 is 5.97 Å². The van der Waals surface area contributed by atoms with Crippen molar-refractivity contribution in [3.05, 3.63) is 0 Å². The van der Waals surface area contributed by atoms with Crippen molar-refractivity contribution in [2.24, 2.45) is 5.92 Å². The molecular weight excluding hydrogens is 158 g/mol. The molecule has 0 radical (unpaired) electrons. The van der Waals surface area contributed by atoms with E-state index in [0.717, 1.165) is 12.8 Å². The Morgan fingerprint density at radius 1 is 1.58 bits per heavy atom. The van der Waals surface area contributed by atoms with Crippen molar-refractivity contribution >= 4 is 5.97 Å². The van der Waals surface area contributed by atoms with Crippen LogP contribution in [-0.4, -0.2) is 35.4 Å². The molecule has 4 nitrogen and oxygen atoms in total. The molecule has 0 aromatic rings. The van der Waals surface area contributed by atoms with Gasteiger partial charge in [0.2, 0.25) is 0 Å². The summed E-state index contributed by atoms with van der Waals surface area (Å²) < 4.78 is 0. The number of carboxylic acid groups (broad SMARTS) is 1. The van der Waals surface area contributed by atoms with Gasteiger partial charge in [0, 0.05) is 13.1 Å². The van der Waals surface area contributed by atoms with Gasteiger partial charge in [0.15, 0.2) is 0 Å². The first-order valence-electron chi connectivity index (χ1n) is 4.30. The Kier molecular flexibility index (Phi) is 3.49. The average molecular weight is 173 g/mol. The molecule has 12 heavy (non-hydrogen) atoms. The Balaban J connectivity index is 1.90. The first-order valence-corrected chi connectivity index (χ1v) is 4.30. The van der Waals surface area contributed by atoms with Gasteiger partial charge in [-0.25, -0.2) is 0 Å². The van der Waals surface area contributed by atoms with Crippen molar-refractivity contribution < 1.29 is 15.0 Å². The number of hydrogen-bond acceptors (Lipinski definition) is 3. The predicted octanol–water partition coefficient (Wildman–Crippen LogP) is -0.178. The van der Waals surface area contributed by atoms with Crippen LogP contribution in [0, 0.1) is 5.92 Å². The monoisotopic (exact) mass is 173 g/mol. The van der Waals surface area contributed by atoms with Crippen LogP contribution in [0.4, 0.5) is 0 Å². The SMILES string of the molecule is O=C(O)CCNCC(O)C1CC1. The molecule has 4 heteroatoms. The lowest BCUT2D eigenvalue weighted by Crippen LogP contribution is -2.29. The van der Waals surface area contributed by atoms with Crippen LogP contribution < -0.4 is 5.32 Å². The molecule has 0 aromatic carbocycles. The third-order valence-corrected chi connectivity index (χ3v) is 2.04. The smallest absolute Gasteiger partial charge is 0.304 e. The molecule has 0 aromatic heterocycles. The maximum absolute atomic E-state index is 10.1. The van der Waals surface area contributed by atoms with Gasteiger partial charge in [-0.05, 0) is 18.8 Å². The maximum Gasteiger partial charge on any atom is 0.304 e. The summed E-state index contributed by atoms with van der Waals surface area (Å²) in [5, 5.41) is 20.5. The summed E-state index contributed by atoms with van der Waals surface area (Å²) in [7, 11) is 0. The number of rotatable bonds is 6. The zero-order valence-electron chi connectivity index (χ0n) is 6.99.